The second kappa shape index (κ2) is 7.10. The fourth-order valence-corrected chi connectivity index (χ4v) is 2.48. The Labute approximate surface area is 137 Å². The van der Waals surface area contributed by atoms with Crippen molar-refractivity contribution in [3.05, 3.63) is 29.8 Å². The Morgan fingerprint density at radius 2 is 1.70 bits per heavy atom. The number of carbonyl (C=O) groups excluding carboxylic acids is 1. The minimum absolute atomic E-state index is 0.194. The van der Waals surface area contributed by atoms with Crippen molar-refractivity contribution in [2.45, 2.75) is 38.2 Å². The molecule has 0 fully saturated rings. The van der Waals surface area contributed by atoms with E-state index in [1.165, 1.54) is 26.2 Å². The number of hydrazone groups is 1. The van der Waals surface area contributed by atoms with Gasteiger partial charge in [-0.2, -0.15) is 5.10 Å². The zero-order chi connectivity index (χ0) is 17.8. The van der Waals surface area contributed by atoms with Crippen LogP contribution in [0.15, 0.2) is 34.3 Å². The van der Waals surface area contributed by atoms with Crippen molar-refractivity contribution in [3.8, 4) is 0 Å². The lowest BCUT2D eigenvalue weighted by Crippen LogP contribution is -2.30. The van der Waals surface area contributed by atoms with E-state index in [2.05, 4.69) is 10.5 Å². The van der Waals surface area contributed by atoms with E-state index in [4.69, 9.17) is 4.74 Å². The predicted octanol–water partition coefficient (Wildman–Crippen LogP) is 2.19. The molecule has 128 valence electrons. The summed E-state index contributed by atoms with van der Waals surface area (Å²) in [7, 11) is -0.516. The van der Waals surface area contributed by atoms with Gasteiger partial charge in [-0.05, 0) is 45.4 Å². The highest BCUT2D eigenvalue weighted by atomic mass is 32.2. The molecule has 0 saturated heterocycles. The highest BCUT2D eigenvalue weighted by molar-refractivity contribution is 7.89. The molecule has 1 N–H and O–H groups in total. The Morgan fingerprint density at radius 3 is 2.13 bits per heavy atom. The number of hydrogen-bond acceptors (Lipinski definition) is 5. The number of rotatable bonds is 4. The van der Waals surface area contributed by atoms with Gasteiger partial charge in [0.2, 0.25) is 10.0 Å². The van der Waals surface area contributed by atoms with Gasteiger partial charge in [-0.15, -0.1) is 0 Å². The van der Waals surface area contributed by atoms with Crippen LogP contribution in [0.25, 0.3) is 0 Å². The first-order valence-electron chi connectivity index (χ1n) is 7.00. The third kappa shape index (κ3) is 5.65. The van der Waals surface area contributed by atoms with Crippen molar-refractivity contribution in [2.24, 2.45) is 5.10 Å². The van der Waals surface area contributed by atoms with Crippen LogP contribution in [-0.2, 0) is 14.8 Å². The molecule has 0 atom stereocenters. The number of benzene rings is 1. The van der Waals surface area contributed by atoms with Crippen molar-refractivity contribution in [1.82, 2.24) is 9.73 Å². The Hall–Kier alpha value is -1.93. The molecule has 0 heterocycles. The maximum absolute atomic E-state index is 12.0. The van der Waals surface area contributed by atoms with Gasteiger partial charge in [0.25, 0.3) is 0 Å². The van der Waals surface area contributed by atoms with Crippen LogP contribution in [-0.4, -0.2) is 44.2 Å². The monoisotopic (exact) mass is 341 g/mol. The molecule has 1 amide bonds. The first-order chi connectivity index (χ1) is 10.4. The molecule has 0 radical (unpaired) electrons. The highest BCUT2D eigenvalue weighted by Crippen LogP contribution is 2.14. The molecule has 0 aromatic heterocycles. The molecule has 0 aliphatic rings. The van der Waals surface area contributed by atoms with Gasteiger partial charge in [-0.25, -0.2) is 22.9 Å². The lowest BCUT2D eigenvalue weighted by Gasteiger charge is -2.18. The fourth-order valence-electron chi connectivity index (χ4n) is 1.57. The van der Waals surface area contributed by atoms with Crippen LogP contribution in [0, 0.1) is 0 Å². The lowest BCUT2D eigenvalue weighted by molar-refractivity contribution is 0.0529. The molecule has 8 heteroatoms. The summed E-state index contributed by atoms with van der Waals surface area (Å²) in [5.74, 6) is 0. The maximum atomic E-state index is 12.0. The van der Waals surface area contributed by atoms with E-state index < -0.39 is 21.7 Å². The third-order valence-corrected chi connectivity index (χ3v) is 4.59. The third-order valence-electron chi connectivity index (χ3n) is 2.76. The first-order valence-corrected chi connectivity index (χ1v) is 8.44. The predicted molar refractivity (Wildman–Crippen MR) is 88.9 cm³/mol. The summed E-state index contributed by atoms with van der Waals surface area (Å²) in [4.78, 5) is 11.7. The van der Waals surface area contributed by atoms with Crippen LogP contribution in [0.4, 0.5) is 4.79 Å². The van der Waals surface area contributed by atoms with Gasteiger partial charge in [0.05, 0.1) is 10.6 Å². The fraction of sp³-hybridized carbons (Fsp3) is 0.467. The van der Waals surface area contributed by atoms with Gasteiger partial charge in [0.1, 0.15) is 5.60 Å². The van der Waals surface area contributed by atoms with Gasteiger partial charge in [0, 0.05) is 14.1 Å². The average molecular weight is 341 g/mol. The molecule has 0 spiro atoms. The van der Waals surface area contributed by atoms with Crippen LogP contribution in [0.5, 0.6) is 0 Å². The number of sulfonamides is 1. The van der Waals surface area contributed by atoms with Crippen LogP contribution in [0.2, 0.25) is 0 Å². The van der Waals surface area contributed by atoms with E-state index in [1.54, 1.807) is 39.8 Å². The van der Waals surface area contributed by atoms with Gasteiger partial charge in [0.15, 0.2) is 0 Å². The number of carbonyl (C=O) groups is 1. The van der Waals surface area contributed by atoms with Crippen molar-refractivity contribution in [2.75, 3.05) is 14.1 Å². The molecule has 0 saturated carbocycles. The molecular weight excluding hydrogens is 318 g/mol. The highest BCUT2D eigenvalue weighted by Gasteiger charge is 2.17. The molecule has 0 unspecified atom stereocenters. The van der Waals surface area contributed by atoms with Gasteiger partial charge in [-0.1, -0.05) is 12.1 Å². The minimum atomic E-state index is -3.46. The van der Waals surface area contributed by atoms with Crippen molar-refractivity contribution in [1.29, 1.82) is 0 Å². The zero-order valence-corrected chi connectivity index (χ0v) is 15.1. The van der Waals surface area contributed by atoms with Gasteiger partial charge < -0.3 is 4.74 Å². The molecular formula is C15H23N3O4S. The van der Waals surface area contributed by atoms with Crippen molar-refractivity contribution < 1.29 is 17.9 Å². The summed E-state index contributed by atoms with van der Waals surface area (Å²) >= 11 is 0. The molecule has 7 nitrogen and oxygen atoms in total. The summed E-state index contributed by atoms with van der Waals surface area (Å²) in [6, 6.07) is 6.26. The van der Waals surface area contributed by atoms with Crippen molar-refractivity contribution >= 4 is 21.8 Å². The Balaban J connectivity index is 2.84. The minimum Gasteiger partial charge on any atom is -0.443 e. The summed E-state index contributed by atoms with van der Waals surface area (Å²) in [5, 5.41) is 3.94. The lowest BCUT2D eigenvalue weighted by atomic mass is 10.1. The van der Waals surface area contributed by atoms with E-state index >= 15 is 0 Å². The van der Waals surface area contributed by atoms with E-state index in [9.17, 15) is 13.2 Å². The maximum Gasteiger partial charge on any atom is 0.428 e. The number of nitrogens with one attached hydrogen (secondary N) is 1. The molecule has 23 heavy (non-hydrogen) atoms. The van der Waals surface area contributed by atoms with Gasteiger partial charge >= 0.3 is 6.09 Å². The summed E-state index contributed by atoms with van der Waals surface area (Å²) in [6.07, 6.45) is -0.649. The Bertz CT molecular complexity index is 686. The van der Waals surface area contributed by atoms with Crippen molar-refractivity contribution in [3.63, 3.8) is 0 Å². The largest absolute Gasteiger partial charge is 0.443 e. The number of amides is 1. The standard InChI is InChI=1S/C15H23N3O4S/c1-11(16-17-14(19)22-15(2,3)4)12-7-9-13(10-8-12)23(20,21)18(5)6/h7-10H,1-6H3,(H,17,19)/b16-11-. The Morgan fingerprint density at radius 1 is 1.17 bits per heavy atom. The number of ether oxygens (including phenoxy) is 1. The van der Waals surface area contributed by atoms with E-state index in [0.717, 1.165) is 4.31 Å². The first kappa shape index (κ1) is 19.1. The van der Waals surface area contributed by atoms with E-state index in [-0.39, 0.29) is 4.90 Å². The molecule has 1 rings (SSSR count). The van der Waals surface area contributed by atoms with Crippen LogP contribution < -0.4 is 5.43 Å². The zero-order valence-electron chi connectivity index (χ0n) is 14.2. The number of hydrogen-bond donors (Lipinski definition) is 1. The average Bonchev–Trinajstić information content (AvgIpc) is 2.43. The summed E-state index contributed by atoms with van der Waals surface area (Å²) in [6.45, 7) is 6.97. The summed E-state index contributed by atoms with van der Waals surface area (Å²) < 4.78 is 30.2. The molecule has 1 aromatic carbocycles. The van der Waals surface area contributed by atoms with Crippen LogP contribution in [0.1, 0.15) is 33.3 Å². The van der Waals surface area contributed by atoms with Crippen LogP contribution >= 0.6 is 0 Å². The SMILES string of the molecule is C/C(=N/NC(=O)OC(C)(C)C)c1ccc(S(=O)(=O)N(C)C)cc1. The normalized spacial score (nSPS) is 13.1. The smallest absolute Gasteiger partial charge is 0.428 e. The summed E-state index contributed by atoms with van der Waals surface area (Å²) in [5.41, 5.74) is 2.92. The topological polar surface area (TPSA) is 88.1 Å². The van der Waals surface area contributed by atoms with Crippen LogP contribution in [0.3, 0.4) is 0 Å². The number of nitrogens with zero attached hydrogens (tertiary/aromatic N) is 2. The molecule has 0 bridgehead atoms. The molecule has 0 aliphatic carbocycles. The Kier molecular flexibility index (Phi) is 5.90. The van der Waals surface area contributed by atoms with E-state index in [1.807, 2.05) is 0 Å². The molecule has 0 aliphatic heterocycles. The van der Waals surface area contributed by atoms with Gasteiger partial charge in [-0.3, -0.25) is 0 Å². The van der Waals surface area contributed by atoms with E-state index in [0.29, 0.717) is 11.3 Å². The second-order valence-corrected chi connectivity index (χ2v) is 8.27. The quantitative estimate of drug-likeness (QED) is 0.671. The molecule has 1 aromatic rings. The second-order valence-electron chi connectivity index (χ2n) is 6.12.